The fourth-order valence-corrected chi connectivity index (χ4v) is 2.70. The average molecular weight is 377 g/mol. The van der Waals surface area contributed by atoms with Crippen molar-refractivity contribution in [2.45, 2.75) is 26.0 Å². The molecule has 0 saturated carbocycles. The van der Waals surface area contributed by atoms with E-state index in [-0.39, 0.29) is 24.7 Å². The predicted octanol–water partition coefficient (Wildman–Crippen LogP) is 1.22. The third-order valence-electron chi connectivity index (χ3n) is 3.94. The highest BCUT2D eigenvalue weighted by Crippen LogP contribution is 2.19. The largest absolute Gasteiger partial charge is 0.388 e. The summed E-state index contributed by atoms with van der Waals surface area (Å²) in [6, 6.07) is 6.79. The van der Waals surface area contributed by atoms with Crippen molar-refractivity contribution >= 4 is 11.6 Å². The first kappa shape index (κ1) is 18.1. The minimum atomic E-state index is -0.827. The molecule has 0 aliphatic rings. The summed E-state index contributed by atoms with van der Waals surface area (Å²) < 4.78 is 7.46. The maximum atomic E-state index is 12.2. The van der Waals surface area contributed by atoms with Gasteiger partial charge in [-0.25, -0.2) is 4.79 Å². The Bertz CT molecular complexity index is 1000. The van der Waals surface area contributed by atoms with Gasteiger partial charge in [-0.05, 0) is 24.6 Å². The first-order valence-corrected chi connectivity index (χ1v) is 8.25. The number of hydrogen-bond donors (Lipinski definition) is 1. The molecule has 0 radical (unpaired) electrons. The van der Waals surface area contributed by atoms with Crippen molar-refractivity contribution in [1.29, 1.82) is 0 Å². The summed E-state index contributed by atoms with van der Waals surface area (Å²) >= 11 is 5.83. The van der Waals surface area contributed by atoms with E-state index in [1.54, 1.807) is 38.2 Å². The van der Waals surface area contributed by atoms with E-state index in [9.17, 15) is 14.7 Å². The molecule has 3 rings (SSSR count). The van der Waals surface area contributed by atoms with Gasteiger partial charge < -0.3 is 14.2 Å². The van der Waals surface area contributed by atoms with Crippen LogP contribution in [0.2, 0.25) is 5.02 Å². The zero-order valence-corrected chi connectivity index (χ0v) is 15.0. The fraction of sp³-hybridized carbons (Fsp3) is 0.294. The molecule has 0 aliphatic heterocycles. The predicted molar refractivity (Wildman–Crippen MR) is 94.2 cm³/mol. The van der Waals surface area contributed by atoms with Gasteiger partial charge in [0.25, 0.3) is 5.56 Å². The lowest BCUT2D eigenvalue weighted by Gasteiger charge is -2.08. The van der Waals surface area contributed by atoms with E-state index < -0.39 is 17.4 Å². The van der Waals surface area contributed by atoms with Crippen molar-refractivity contribution in [1.82, 2.24) is 19.3 Å². The van der Waals surface area contributed by atoms with Crippen molar-refractivity contribution in [3.05, 3.63) is 79.2 Å². The number of hydrogen-bond acceptors (Lipinski definition) is 6. The molecule has 0 amide bonds. The minimum Gasteiger partial charge on any atom is -0.388 e. The Hall–Kier alpha value is -2.71. The molecule has 1 unspecified atom stereocenters. The molecule has 0 saturated heterocycles. The van der Waals surface area contributed by atoms with Crippen LogP contribution in [0.4, 0.5) is 0 Å². The van der Waals surface area contributed by atoms with Crippen LogP contribution in [0.3, 0.4) is 0 Å². The third-order valence-corrected chi connectivity index (χ3v) is 4.19. The lowest BCUT2D eigenvalue weighted by atomic mass is 10.1. The van der Waals surface area contributed by atoms with Crippen molar-refractivity contribution < 1.29 is 9.63 Å². The molecule has 0 fully saturated rings. The number of nitrogens with zero attached hydrogens (tertiary/aromatic N) is 4. The van der Waals surface area contributed by atoms with E-state index in [2.05, 4.69) is 10.1 Å². The molecule has 0 aliphatic carbocycles. The zero-order valence-electron chi connectivity index (χ0n) is 14.2. The van der Waals surface area contributed by atoms with Gasteiger partial charge in [-0.3, -0.25) is 9.36 Å². The third kappa shape index (κ3) is 3.76. The van der Waals surface area contributed by atoms with Gasteiger partial charge in [-0.15, -0.1) is 0 Å². The van der Waals surface area contributed by atoms with Crippen LogP contribution in [0.1, 0.15) is 28.9 Å². The van der Waals surface area contributed by atoms with Crippen LogP contribution in [0.25, 0.3) is 0 Å². The molecule has 1 N–H and O–H groups in total. The quantitative estimate of drug-likeness (QED) is 0.718. The molecular formula is C17H17ClN4O4. The number of aliphatic hydroxyl groups excluding tert-OH is 1. The summed E-state index contributed by atoms with van der Waals surface area (Å²) in [6.45, 7) is 1.50. The number of aliphatic hydroxyl groups is 1. The summed E-state index contributed by atoms with van der Waals surface area (Å²) in [5.74, 6) is 0.396. The van der Waals surface area contributed by atoms with Crippen molar-refractivity contribution in [2.75, 3.05) is 0 Å². The molecule has 2 heterocycles. The lowest BCUT2D eigenvalue weighted by Crippen LogP contribution is -2.40. The first-order chi connectivity index (χ1) is 12.3. The maximum Gasteiger partial charge on any atom is 0.331 e. The maximum absolute atomic E-state index is 12.2. The van der Waals surface area contributed by atoms with Crippen LogP contribution in [0, 0.1) is 6.92 Å². The van der Waals surface area contributed by atoms with Gasteiger partial charge in [-0.1, -0.05) is 28.9 Å². The molecule has 2 aromatic heterocycles. The number of aryl methyl sites for hydroxylation is 2. The van der Waals surface area contributed by atoms with Crippen LogP contribution in [-0.2, 0) is 20.0 Å². The Morgan fingerprint density at radius 2 is 1.96 bits per heavy atom. The summed E-state index contributed by atoms with van der Waals surface area (Å²) in [5.41, 5.74) is 0.227. The van der Waals surface area contributed by atoms with Crippen molar-refractivity contribution in [3.8, 4) is 0 Å². The zero-order chi connectivity index (χ0) is 18.8. The molecule has 3 aromatic rings. The van der Waals surface area contributed by atoms with Gasteiger partial charge in [-0.2, -0.15) is 4.98 Å². The highest BCUT2D eigenvalue weighted by molar-refractivity contribution is 6.30. The SMILES string of the molecule is Cc1cn(C)c(=O)n(Cc2nc(CC(O)c3ccc(Cl)cc3)no2)c1=O. The Morgan fingerprint density at radius 1 is 1.27 bits per heavy atom. The first-order valence-electron chi connectivity index (χ1n) is 7.87. The van der Waals surface area contributed by atoms with Gasteiger partial charge in [0.2, 0.25) is 5.89 Å². The average Bonchev–Trinajstić information content (AvgIpc) is 3.04. The molecule has 136 valence electrons. The van der Waals surface area contributed by atoms with Crippen LogP contribution >= 0.6 is 11.6 Å². The fourth-order valence-electron chi connectivity index (χ4n) is 2.58. The summed E-state index contributed by atoms with van der Waals surface area (Å²) in [6.07, 6.45) is 0.779. The Morgan fingerprint density at radius 3 is 2.65 bits per heavy atom. The second kappa shape index (κ2) is 7.27. The van der Waals surface area contributed by atoms with E-state index in [4.69, 9.17) is 16.1 Å². The number of aromatic nitrogens is 4. The Labute approximate surface area is 153 Å². The van der Waals surface area contributed by atoms with E-state index >= 15 is 0 Å². The van der Waals surface area contributed by atoms with Gasteiger partial charge in [0.1, 0.15) is 6.54 Å². The summed E-state index contributed by atoms with van der Waals surface area (Å²) in [7, 11) is 1.56. The standard InChI is InChI=1S/C17H17ClN4O4/c1-10-8-21(2)17(25)22(16(10)24)9-15-19-14(20-26-15)7-13(23)11-3-5-12(18)6-4-11/h3-6,8,13,23H,7,9H2,1-2H3. The second-order valence-electron chi connectivity index (χ2n) is 5.97. The Kier molecular flexibility index (Phi) is 5.06. The monoisotopic (exact) mass is 376 g/mol. The molecule has 8 nitrogen and oxygen atoms in total. The van der Waals surface area contributed by atoms with Crippen molar-refractivity contribution in [3.63, 3.8) is 0 Å². The highest BCUT2D eigenvalue weighted by Gasteiger charge is 2.16. The second-order valence-corrected chi connectivity index (χ2v) is 6.41. The van der Waals surface area contributed by atoms with Crippen LogP contribution < -0.4 is 11.2 Å². The van der Waals surface area contributed by atoms with Gasteiger partial charge in [0.05, 0.1) is 6.10 Å². The molecule has 0 spiro atoms. The molecule has 9 heteroatoms. The molecule has 26 heavy (non-hydrogen) atoms. The highest BCUT2D eigenvalue weighted by atomic mass is 35.5. The van der Waals surface area contributed by atoms with Gasteiger partial charge >= 0.3 is 5.69 Å². The molecule has 0 bridgehead atoms. The number of rotatable bonds is 5. The lowest BCUT2D eigenvalue weighted by molar-refractivity contribution is 0.174. The summed E-state index contributed by atoms with van der Waals surface area (Å²) in [5, 5.41) is 14.6. The Balaban J connectivity index is 1.78. The van der Waals surface area contributed by atoms with Crippen LogP contribution in [0.5, 0.6) is 0 Å². The topological polar surface area (TPSA) is 103 Å². The number of halogens is 1. The smallest absolute Gasteiger partial charge is 0.331 e. The van der Waals surface area contributed by atoms with Gasteiger partial charge in [0, 0.05) is 30.3 Å². The van der Waals surface area contributed by atoms with E-state index in [1.807, 2.05) is 0 Å². The van der Waals surface area contributed by atoms with Gasteiger partial charge in [0.15, 0.2) is 5.82 Å². The molecule has 1 atom stereocenters. The van der Waals surface area contributed by atoms with E-state index in [0.717, 1.165) is 4.57 Å². The van der Waals surface area contributed by atoms with Crippen LogP contribution in [-0.4, -0.2) is 24.4 Å². The molecule has 1 aromatic carbocycles. The van der Waals surface area contributed by atoms with E-state index in [0.29, 0.717) is 16.1 Å². The molecular weight excluding hydrogens is 360 g/mol. The normalized spacial score (nSPS) is 12.3. The number of benzene rings is 1. The summed E-state index contributed by atoms with van der Waals surface area (Å²) in [4.78, 5) is 28.4. The van der Waals surface area contributed by atoms with Crippen LogP contribution in [0.15, 0.2) is 44.6 Å². The van der Waals surface area contributed by atoms with E-state index in [1.165, 1.54) is 10.8 Å². The van der Waals surface area contributed by atoms with Crippen molar-refractivity contribution in [2.24, 2.45) is 7.05 Å². The minimum absolute atomic E-state index is 0.119.